The SMILES string of the molecule is CN(CCC(N)c1ccccc1Cl)CC1CC1. The second-order valence-corrected chi connectivity index (χ2v) is 5.53. The molecule has 0 bridgehead atoms. The number of nitrogens with zero attached hydrogens (tertiary/aromatic N) is 1. The molecule has 2 nitrogen and oxygen atoms in total. The van der Waals surface area contributed by atoms with Crippen LogP contribution in [0.15, 0.2) is 24.3 Å². The summed E-state index contributed by atoms with van der Waals surface area (Å²) < 4.78 is 0. The van der Waals surface area contributed by atoms with Crippen molar-refractivity contribution in [3.8, 4) is 0 Å². The average Bonchev–Trinajstić information content (AvgIpc) is 3.10. The molecular weight excluding hydrogens is 232 g/mol. The highest BCUT2D eigenvalue weighted by molar-refractivity contribution is 6.31. The molecule has 1 saturated carbocycles. The maximum absolute atomic E-state index is 6.18. The molecule has 1 unspecified atom stereocenters. The predicted octanol–water partition coefficient (Wildman–Crippen LogP) is 3.07. The molecule has 0 aromatic heterocycles. The van der Waals surface area contributed by atoms with E-state index >= 15 is 0 Å². The molecule has 1 aromatic rings. The van der Waals surface area contributed by atoms with Gasteiger partial charge in [-0.05, 0) is 50.4 Å². The summed E-state index contributed by atoms with van der Waals surface area (Å²) in [5, 5.41) is 0.782. The Labute approximate surface area is 109 Å². The molecule has 0 spiro atoms. The molecule has 0 saturated heterocycles. The summed E-state index contributed by atoms with van der Waals surface area (Å²) in [6.07, 6.45) is 3.77. The molecule has 17 heavy (non-hydrogen) atoms. The fourth-order valence-corrected chi connectivity index (χ4v) is 2.40. The monoisotopic (exact) mass is 252 g/mol. The number of rotatable bonds is 6. The Morgan fingerprint density at radius 2 is 2.12 bits per heavy atom. The van der Waals surface area contributed by atoms with E-state index in [0.29, 0.717) is 0 Å². The zero-order chi connectivity index (χ0) is 12.3. The number of benzene rings is 1. The van der Waals surface area contributed by atoms with E-state index in [1.807, 2.05) is 24.3 Å². The molecule has 2 N–H and O–H groups in total. The maximum Gasteiger partial charge on any atom is 0.0453 e. The lowest BCUT2D eigenvalue weighted by atomic mass is 10.0. The fraction of sp³-hybridized carbons (Fsp3) is 0.571. The molecular formula is C14H21ClN2. The van der Waals surface area contributed by atoms with Crippen LogP contribution >= 0.6 is 11.6 Å². The zero-order valence-corrected chi connectivity index (χ0v) is 11.2. The second-order valence-electron chi connectivity index (χ2n) is 5.12. The van der Waals surface area contributed by atoms with Crippen molar-refractivity contribution >= 4 is 11.6 Å². The number of nitrogens with two attached hydrogens (primary N) is 1. The van der Waals surface area contributed by atoms with Gasteiger partial charge in [0.05, 0.1) is 0 Å². The third kappa shape index (κ3) is 3.98. The third-order valence-electron chi connectivity index (χ3n) is 3.39. The first-order chi connectivity index (χ1) is 8.16. The predicted molar refractivity (Wildman–Crippen MR) is 73.2 cm³/mol. The lowest BCUT2D eigenvalue weighted by molar-refractivity contribution is 0.306. The summed E-state index contributed by atoms with van der Waals surface area (Å²) in [4.78, 5) is 2.38. The summed E-state index contributed by atoms with van der Waals surface area (Å²) in [6, 6.07) is 7.91. The minimum absolute atomic E-state index is 0.0466. The van der Waals surface area contributed by atoms with Gasteiger partial charge in [-0.2, -0.15) is 0 Å². The van der Waals surface area contributed by atoms with Gasteiger partial charge in [0.15, 0.2) is 0 Å². The minimum Gasteiger partial charge on any atom is -0.324 e. The van der Waals surface area contributed by atoms with Crippen LogP contribution in [-0.4, -0.2) is 25.0 Å². The van der Waals surface area contributed by atoms with E-state index in [0.717, 1.165) is 29.5 Å². The standard InChI is InChI=1S/C14H21ClN2/c1-17(10-11-6-7-11)9-8-14(16)12-4-2-3-5-13(12)15/h2-5,11,14H,6-10,16H2,1H3. The van der Waals surface area contributed by atoms with E-state index in [1.165, 1.54) is 19.4 Å². The Hall–Kier alpha value is -0.570. The Kier molecular flexibility index (Phi) is 4.43. The molecule has 0 amide bonds. The largest absolute Gasteiger partial charge is 0.324 e. The van der Waals surface area contributed by atoms with Gasteiger partial charge < -0.3 is 10.6 Å². The van der Waals surface area contributed by atoms with Gasteiger partial charge in [-0.1, -0.05) is 29.8 Å². The van der Waals surface area contributed by atoms with Crippen molar-refractivity contribution < 1.29 is 0 Å². The summed E-state index contributed by atoms with van der Waals surface area (Å²) in [5.74, 6) is 0.941. The van der Waals surface area contributed by atoms with Crippen molar-refractivity contribution in [2.24, 2.45) is 11.7 Å². The molecule has 1 aromatic carbocycles. The quantitative estimate of drug-likeness (QED) is 0.843. The van der Waals surface area contributed by atoms with Crippen LogP contribution in [0.2, 0.25) is 5.02 Å². The molecule has 0 aliphatic heterocycles. The van der Waals surface area contributed by atoms with Crippen LogP contribution in [-0.2, 0) is 0 Å². The normalized spacial score (nSPS) is 17.4. The molecule has 3 heteroatoms. The van der Waals surface area contributed by atoms with Crippen LogP contribution in [0.5, 0.6) is 0 Å². The van der Waals surface area contributed by atoms with Crippen molar-refractivity contribution in [3.05, 3.63) is 34.9 Å². The summed E-state index contributed by atoms with van der Waals surface area (Å²) in [7, 11) is 2.18. The lowest BCUT2D eigenvalue weighted by Crippen LogP contribution is -2.25. The first kappa shape index (κ1) is 12.9. The van der Waals surface area contributed by atoms with E-state index in [4.69, 9.17) is 17.3 Å². The van der Waals surface area contributed by atoms with Crippen LogP contribution in [0.1, 0.15) is 30.9 Å². The van der Waals surface area contributed by atoms with Gasteiger partial charge in [0.25, 0.3) is 0 Å². The Bertz CT molecular complexity index is 363. The van der Waals surface area contributed by atoms with Crippen LogP contribution in [0.25, 0.3) is 0 Å². The third-order valence-corrected chi connectivity index (χ3v) is 3.74. The topological polar surface area (TPSA) is 29.3 Å². The van der Waals surface area contributed by atoms with Gasteiger partial charge >= 0.3 is 0 Å². The Balaban J connectivity index is 1.80. The highest BCUT2D eigenvalue weighted by Gasteiger charge is 2.22. The van der Waals surface area contributed by atoms with Crippen LogP contribution in [0.3, 0.4) is 0 Å². The smallest absolute Gasteiger partial charge is 0.0453 e. The first-order valence-corrected chi connectivity index (χ1v) is 6.73. The maximum atomic E-state index is 6.18. The number of hydrogen-bond acceptors (Lipinski definition) is 2. The van der Waals surface area contributed by atoms with Gasteiger partial charge in [-0.15, -0.1) is 0 Å². The highest BCUT2D eigenvalue weighted by Crippen LogP contribution is 2.29. The van der Waals surface area contributed by atoms with E-state index < -0.39 is 0 Å². The van der Waals surface area contributed by atoms with Crippen LogP contribution in [0.4, 0.5) is 0 Å². The molecule has 0 radical (unpaired) electrons. The van der Waals surface area contributed by atoms with E-state index in [9.17, 15) is 0 Å². The molecule has 1 atom stereocenters. The van der Waals surface area contributed by atoms with E-state index in [2.05, 4.69) is 11.9 Å². The zero-order valence-electron chi connectivity index (χ0n) is 10.4. The molecule has 1 fully saturated rings. The lowest BCUT2D eigenvalue weighted by Gasteiger charge is -2.19. The molecule has 94 valence electrons. The van der Waals surface area contributed by atoms with E-state index in [1.54, 1.807) is 0 Å². The van der Waals surface area contributed by atoms with Crippen LogP contribution < -0.4 is 5.73 Å². The van der Waals surface area contributed by atoms with Gasteiger partial charge in [0, 0.05) is 17.6 Å². The van der Waals surface area contributed by atoms with E-state index in [-0.39, 0.29) is 6.04 Å². The first-order valence-electron chi connectivity index (χ1n) is 6.35. The van der Waals surface area contributed by atoms with Gasteiger partial charge in [0.1, 0.15) is 0 Å². The fourth-order valence-electron chi connectivity index (χ4n) is 2.12. The van der Waals surface area contributed by atoms with Crippen LogP contribution in [0, 0.1) is 5.92 Å². The van der Waals surface area contributed by atoms with Crippen molar-refractivity contribution in [2.75, 3.05) is 20.1 Å². The Morgan fingerprint density at radius 3 is 2.76 bits per heavy atom. The number of halogens is 1. The average molecular weight is 253 g/mol. The molecule has 2 rings (SSSR count). The summed E-state index contributed by atoms with van der Waals surface area (Å²) >= 11 is 6.14. The molecule has 0 heterocycles. The van der Waals surface area contributed by atoms with Gasteiger partial charge in [0.2, 0.25) is 0 Å². The summed E-state index contributed by atoms with van der Waals surface area (Å²) in [5.41, 5.74) is 7.24. The minimum atomic E-state index is 0.0466. The Morgan fingerprint density at radius 1 is 1.41 bits per heavy atom. The highest BCUT2D eigenvalue weighted by atomic mass is 35.5. The molecule has 1 aliphatic rings. The van der Waals surface area contributed by atoms with Gasteiger partial charge in [-0.3, -0.25) is 0 Å². The summed E-state index contributed by atoms with van der Waals surface area (Å²) in [6.45, 7) is 2.26. The van der Waals surface area contributed by atoms with Crippen molar-refractivity contribution in [1.82, 2.24) is 4.90 Å². The molecule has 1 aliphatic carbocycles. The second kappa shape index (κ2) is 5.85. The van der Waals surface area contributed by atoms with Crippen molar-refractivity contribution in [1.29, 1.82) is 0 Å². The van der Waals surface area contributed by atoms with Crippen molar-refractivity contribution in [3.63, 3.8) is 0 Å². The number of hydrogen-bond donors (Lipinski definition) is 1. The van der Waals surface area contributed by atoms with Gasteiger partial charge in [-0.25, -0.2) is 0 Å². The van der Waals surface area contributed by atoms with Crippen molar-refractivity contribution in [2.45, 2.75) is 25.3 Å².